The summed E-state index contributed by atoms with van der Waals surface area (Å²) in [4.78, 5) is 0. The zero-order valence-corrected chi connectivity index (χ0v) is 14.2. The second-order valence-corrected chi connectivity index (χ2v) is 6.50. The van der Waals surface area contributed by atoms with Gasteiger partial charge in [-0.05, 0) is 51.0 Å². The minimum Gasteiger partial charge on any atom is -0.304 e. The second-order valence-electron chi connectivity index (χ2n) is 5.58. The lowest BCUT2D eigenvalue weighted by atomic mass is 10.0. The molecule has 0 amide bonds. The number of nitrogens with one attached hydrogen (secondary N) is 1. The quantitative estimate of drug-likeness (QED) is 0.782. The third-order valence-electron chi connectivity index (χ3n) is 3.61. The van der Waals surface area contributed by atoms with Crippen molar-refractivity contribution in [2.75, 3.05) is 0 Å². The Morgan fingerprint density at radius 2 is 1.30 bits per heavy atom. The summed E-state index contributed by atoms with van der Waals surface area (Å²) in [5, 5.41) is 3.67. The molecule has 2 atom stereocenters. The van der Waals surface area contributed by atoms with Gasteiger partial charge in [-0.15, -0.1) is 0 Å². The molecule has 0 radical (unpaired) electrons. The summed E-state index contributed by atoms with van der Waals surface area (Å²) >= 11 is 3.48. The van der Waals surface area contributed by atoms with E-state index in [0.717, 1.165) is 4.47 Å². The van der Waals surface area contributed by atoms with E-state index in [4.69, 9.17) is 0 Å². The Morgan fingerprint density at radius 3 is 1.85 bits per heavy atom. The minimum absolute atomic E-state index is 0.332. The molecule has 0 aliphatic rings. The summed E-state index contributed by atoms with van der Waals surface area (Å²) in [6.07, 6.45) is 0. The zero-order valence-electron chi connectivity index (χ0n) is 12.6. The zero-order chi connectivity index (χ0) is 14.7. The molecule has 2 aromatic carbocycles. The van der Waals surface area contributed by atoms with E-state index in [9.17, 15) is 0 Å². The molecular weight excluding hydrogens is 310 g/mol. The van der Waals surface area contributed by atoms with Gasteiger partial charge in [0.1, 0.15) is 0 Å². The summed E-state index contributed by atoms with van der Waals surface area (Å²) in [5.74, 6) is 0. The fraction of sp³-hybridized carbons (Fsp3) is 0.333. The molecule has 20 heavy (non-hydrogen) atoms. The van der Waals surface area contributed by atoms with E-state index in [2.05, 4.69) is 91.4 Å². The SMILES string of the molecule is Cc1cc(C)cc(C(C)NC(C)c2ccc(Br)cc2)c1. The Bertz CT molecular complexity index is 554. The molecule has 0 saturated heterocycles. The first-order valence-corrected chi connectivity index (χ1v) is 7.84. The molecule has 2 heteroatoms. The highest BCUT2D eigenvalue weighted by Crippen LogP contribution is 2.22. The molecule has 106 valence electrons. The van der Waals surface area contributed by atoms with Crippen LogP contribution in [0.15, 0.2) is 46.9 Å². The van der Waals surface area contributed by atoms with Gasteiger partial charge in [-0.25, -0.2) is 0 Å². The lowest BCUT2D eigenvalue weighted by molar-refractivity contribution is 0.494. The van der Waals surface area contributed by atoms with Crippen molar-refractivity contribution in [2.24, 2.45) is 0 Å². The molecule has 1 nitrogen and oxygen atoms in total. The molecule has 0 saturated carbocycles. The van der Waals surface area contributed by atoms with Crippen molar-refractivity contribution in [3.05, 3.63) is 69.2 Å². The predicted octanol–water partition coefficient (Wildman–Crippen LogP) is 5.48. The van der Waals surface area contributed by atoms with Gasteiger partial charge in [0.15, 0.2) is 0 Å². The van der Waals surface area contributed by atoms with E-state index in [1.54, 1.807) is 0 Å². The average Bonchev–Trinajstić information content (AvgIpc) is 2.38. The molecule has 2 rings (SSSR count). The van der Waals surface area contributed by atoms with Crippen molar-refractivity contribution in [3.8, 4) is 0 Å². The molecule has 0 fully saturated rings. The van der Waals surface area contributed by atoms with E-state index in [-0.39, 0.29) is 0 Å². The summed E-state index contributed by atoms with van der Waals surface area (Å²) in [5.41, 5.74) is 5.31. The fourth-order valence-corrected chi connectivity index (χ4v) is 2.84. The van der Waals surface area contributed by atoms with Crippen molar-refractivity contribution >= 4 is 15.9 Å². The number of hydrogen-bond donors (Lipinski definition) is 1. The molecule has 1 N–H and O–H groups in total. The van der Waals surface area contributed by atoms with Crippen molar-refractivity contribution in [1.29, 1.82) is 0 Å². The third kappa shape index (κ3) is 3.94. The molecule has 0 aliphatic carbocycles. The van der Waals surface area contributed by atoms with Crippen molar-refractivity contribution in [3.63, 3.8) is 0 Å². The molecular formula is C18H22BrN. The average molecular weight is 332 g/mol. The smallest absolute Gasteiger partial charge is 0.0297 e. The largest absolute Gasteiger partial charge is 0.304 e. The van der Waals surface area contributed by atoms with Crippen molar-refractivity contribution in [2.45, 2.75) is 39.8 Å². The Kier molecular flexibility index (Phi) is 5.00. The van der Waals surface area contributed by atoms with Gasteiger partial charge in [0.2, 0.25) is 0 Å². The molecule has 0 heterocycles. The summed E-state index contributed by atoms with van der Waals surface area (Å²) in [6.45, 7) is 8.74. The van der Waals surface area contributed by atoms with Crippen molar-refractivity contribution in [1.82, 2.24) is 5.32 Å². The Labute approximate surface area is 130 Å². The van der Waals surface area contributed by atoms with E-state index in [1.807, 2.05) is 0 Å². The standard InChI is InChI=1S/C18H22BrN/c1-12-9-13(2)11-17(10-12)15(4)20-14(3)16-5-7-18(19)8-6-16/h5-11,14-15,20H,1-4H3. The van der Waals surface area contributed by atoms with Crippen LogP contribution < -0.4 is 5.32 Å². The normalized spacial score (nSPS) is 14.1. The molecule has 0 spiro atoms. The van der Waals surface area contributed by atoms with Crippen LogP contribution in [0.1, 0.15) is 48.2 Å². The first-order valence-electron chi connectivity index (χ1n) is 7.05. The Balaban J connectivity index is 2.10. The highest BCUT2D eigenvalue weighted by atomic mass is 79.9. The van der Waals surface area contributed by atoms with Gasteiger partial charge in [-0.3, -0.25) is 0 Å². The fourth-order valence-electron chi connectivity index (χ4n) is 2.58. The van der Waals surface area contributed by atoms with Gasteiger partial charge in [0.25, 0.3) is 0 Å². The van der Waals surface area contributed by atoms with Crippen LogP contribution >= 0.6 is 15.9 Å². The summed E-state index contributed by atoms with van der Waals surface area (Å²) < 4.78 is 1.12. The number of halogens is 1. The van der Waals surface area contributed by atoms with Crippen LogP contribution in [0.3, 0.4) is 0 Å². The summed E-state index contributed by atoms with van der Waals surface area (Å²) in [7, 11) is 0. The molecule has 2 unspecified atom stereocenters. The van der Waals surface area contributed by atoms with Crippen LogP contribution in [0.2, 0.25) is 0 Å². The van der Waals surface area contributed by atoms with Crippen LogP contribution in [0.25, 0.3) is 0 Å². The number of hydrogen-bond acceptors (Lipinski definition) is 1. The van der Waals surface area contributed by atoms with E-state index in [1.165, 1.54) is 22.3 Å². The van der Waals surface area contributed by atoms with E-state index in [0.29, 0.717) is 12.1 Å². The van der Waals surface area contributed by atoms with Crippen molar-refractivity contribution < 1.29 is 0 Å². The Morgan fingerprint density at radius 1 is 0.800 bits per heavy atom. The first kappa shape index (κ1) is 15.3. The number of rotatable bonds is 4. The molecule has 0 aromatic heterocycles. The highest BCUT2D eigenvalue weighted by molar-refractivity contribution is 9.10. The lowest BCUT2D eigenvalue weighted by Crippen LogP contribution is -2.22. The summed E-state index contributed by atoms with van der Waals surface area (Å²) in [6, 6.07) is 15.9. The first-order chi connectivity index (χ1) is 9.45. The van der Waals surface area contributed by atoms with Gasteiger partial charge >= 0.3 is 0 Å². The lowest BCUT2D eigenvalue weighted by Gasteiger charge is -2.21. The molecule has 2 aromatic rings. The highest BCUT2D eigenvalue weighted by Gasteiger charge is 2.11. The van der Waals surface area contributed by atoms with Gasteiger partial charge < -0.3 is 5.32 Å². The van der Waals surface area contributed by atoms with Gasteiger partial charge in [0, 0.05) is 16.6 Å². The monoisotopic (exact) mass is 331 g/mol. The van der Waals surface area contributed by atoms with E-state index < -0.39 is 0 Å². The third-order valence-corrected chi connectivity index (χ3v) is 4.14. The van der Waals surface area contributed by atoms with Crippen LogP contribution in [-0.2, 0) is 0 Å². The van der Waals surface area contributed by atoms with Crippen LogP contribution in [0, 0.1) is 13.8 Å². The molecule has 0 aliphatic heterocycles. The maximum Gasteiger partial charge on any atom is 0.0297 e. The van der Waals surface area contributed by atoms with E-state index >= 15 is 0 Å². The second kappa shape index (κ2) is 6.55. The van der Waals surface area contributed by atoms with Gasteiger partial charge in [0.05, 0.1) is 0 Å². The van der Waals surface area contributed by atoms with Gasteiger partial charge in [-0.1, -0.05) is 57.4 Å². The number of benzene rings is 2. The molecule has 0 bridgehead atoms. The maximum absolute atomic E-state index is 3.67. The van der Waals surface area contributed by atoms with Gasteiger partial charge in [-0.2, -0.15) is 0 Å². The topological polar surface area (TPSA) is 12.0 Å². The van der Waals surface area contributed by atoms with Crippen LogP contribution in [-0.4, -0.2) is 0 Å². The van der Waals surface area contributed by atoms with Crippen LogP contribution in [0.5, 0.6) is 0 Å². The predicted molar refractivity (Wildman–Crippen MR) is 90.0 cm³/mol. The number of aryl methyl sites for hydroxylation is 2. The van der Waals surface area contributed by atoms with Crippen LogP contribution in [0.4, 0.5) is 0 Å². The maximum atomic E-state index is 3.67. The Hall–Kier alpha value is -1.12. The minimum atomic E-state index is 0.332.